The molecule has 7 nitrogen and oxygen atoms in total. The first-order chi connectivity index (χ1) is 14.8. The lowest BCUT2D eigenvalue weighted by molar-refractivity contribution is -0.160. The summed E-state index contributed by atoms with van der Waals surface area (Å²) in [5.74, 6) is -0.512. The van der Waals surface area contributed by atoms with Crippen LogP contribution in [0.25, 0.3) is 0 Å². The Hall–Kier alpha value is -3.06. The summed E-state index contributed by atoms with van der Waals surface area (Å²) in [6.07, 6.45) is 1.18. The molecular formula is C24H25NO6. The van der Waals surface area contributed by atoms with Crippen molar-refractivity contribution in [3.8, 4) is 11.5 Å². The number of rotatable bonds is 2. The summed E-state index contributed by atoms with van der Waals surface area (Å²) < 4.78 is 12.7. The van der Waals surface area contributed by atoms with Gasteiger partial charge in [0, 0.05) is 23.6 Å². The first-order valence-electron chi connectivity index (χ1n) is 10.6. The second-order valence-corrected chi connectivity index (χ2v) is 9.08. The van der Waals surface area contributed by atoms with Crippen LogP contribution in [0.1, 0.15) is 59.1 Å². The second-order valence-electron chi connectivity index (χ2n) is 9.08. The van der Waals surface area contributed by atoms with Crippen molar-refractivity contribution >= 4 is 11.9 Å². The van der Waals surface area contributed by atoms with Gasteiger partial charge in [0.15, 0.2) is 11.5 Å². The van der Waals surface area contributed by atoms with Gasteiger partial charge in [-0.1, -0.05) is 12.1 Å². The third-order valence-electron chi connectivity index (χ3n) is 6.90. The Labute approximate surface area is 180 Å². The standard InChI is InChI=1S/C24H25NO6/c1-24(2)16-12-17-19(30-20(16)15-4-3-5-18(26)21(15)31-24)10-11-25(17)22(27)13-6-8-14(9-7-13)23(28)29/h3-9,16-17,19-20,26H,10-12H2,1-2H3,(H,28,29)/t16-,17-,19-,20+/m0/s1. The van der Waals surface area contributed by atoms with Crippen LogP contribution in [-0.4, -0.2) is 51.3 Å². The summed E-state index contributed by atoms with van der Waals surface area (Å²) in [5, 5.41) is 19.4. The summed E-state index contributed by atoms with van der Waals surface area (Å²) in [7, 11) is 0. The molecule has 3 aliphatic rings. The summed E-state index contributed by atoms with van der Waals surface area (Å²) in [4.78, 5) is 26.1. The number of fused-ring (bicyclic) bond motifs is 4. The molecule has 0 bridgehead atoms. The van der Waals surface area contributed by atoms with E-state index in [-0.39, 0.29) is 41.4 Å². The van der Waals surface area contributed by atoms with Gasteiger partial charge < -0.3 is 24.6 Å². The highest BCUT2D eigenvalue weighted by Crippen LogP contribution is 2.54. The number of ether oxygens (including phenoxy) is 2. The van der Waals surface area contributed by atoms with Crippen LogP contribution in [0.5, 0.6) is 11.5 Å². The molecule has 162 valence electrons. The van der Waals surface area contributed by atoms with Crippen LogP contribution in [0.15, 0.2) is 42.5 Å². The Morgan fingerprint density at radius 2 is 1.81 bits per heavy atom. The average Bonchev–Trinajstić information content (AvgIpc) is 3.16. The van der Waals surface area contributed by atoms with Crippen molar-refractivity contribution in [2.24, 2.45) is 5.92 Å². The molecule has 4 atom stereocenters. The highest BCUT2D eigenvalue weighted by molar-refractivity contribution is 5.96. The zero-order chi connectivity index (χ0) is 21.9. The number of carbonyl (C=O) groups is 2. The molecule has 0 saturated carbocycles. The number of hydrogen-bond donors (Lipinski definition) is 2. The molecule has 2 aromatic rings. The predicted octanol–water partition coefficient (Wildman–Crippen LogP) is 3.62. The fraction of sp³-hybridized carbons (Fsp3) is 0.417. The van der Waals surface area contributed by atoms with Crippen LogP contribution in [-0.2, 0) is 4.74 Å². The van der Waals surface area contributed by atoms with Gasteiger partial charge in [0.2, 0.25) is 0 Å². The maximum atomic E-state index is 13.2. The molecule has 3 aliphatic heterocycles. The number of para-hydroxylation sites is 1. The Kier molecular flexibility index (Phi) is 4.48. The van der Waals surface area contributed by atoms with Gasteiger partial charge in [-0.25, -0.2) is 4.79 Å². The molecule has 3 heterocycles. The van der Waals surface area contributed by atoms with Gasteiger partial charge in [0.05, 0.1) is 23.8 Å². The zero-order valence-electron chi connectivity index (χ0n) is 17.4. The van der Waals surface area contributed by atoms with Crippen LogP contribution >= 0.6 is 0 Å². The zero-order valence-corrected chi connectivity index (χ0v) is 17.4. The van der Waals surface area contributed by atoms with Crippen molar-refractivity contribution in [1.82, 2.24) is 4.90 Å². The SMILES string of the molecule is CC1(C)Oc2c(O)cccc2[C@H]2O[C@H]3CCN(C(=O)c4ccc(C(=O)O)cc4)[C@H]3C[C@@H]21. The number of likely N-dealkylation sites (tertiary alicyclic amines) is 1. The quantitative estimate of drug-likeness (QED) is 0.766. The largest absolute Gasteiger partial charge is 0.504 e. The van der Waals surface area contributed by atoms with Crippen LogP contribution < -0.4 is 4.74 Å². The Morgan fingerprint density at radius 1 is 1.10 bits per heavy atom. The lowest BCUT2D eigenvalue weighted by Gasteiger charge is -2.50. The molecule has 1 amide bonds. The number of amides is 1. The van der Waals surface area contributed by atoms with E-state index in [1.54, 1.807) is 24.3 Å². The van der Waals surface area contributed by atoms with E-state index in [0.29, 0.717) is 17.9 Å². The average molecular weight is 423 g/mol. The summed E-state index contributed by atoms with van der Waals surface area (Å²) in [6, 6.07) is 11.3. The number of carboxylic acids is 1. The number of nitrogens with zero attached hydrogens (tertiary/aromatic N) is 1. The minimum absolute atomic E-state index is 0.0193. The van der Waals surface area contributed by atoms with Crippen LogP contribution in [0.4, 0.5) is 0 Å². The van der Waals surface area contributed by atoms with Crippen molar-refractivity contribution in [3.63, 3.8) is 0 Å². The molecular weight excluding hydrogens is 398 g/mol. The van der Waals surface area contributed by atoms with E-state index in [9.17, 15) is 14.7 Å². The number of carbonyl (C=O) groups excluding carboxylic acids is 1. The first-order valence-corrected chi connectivity index (χ1v) is 10.6. The van der Waals surface area contributed by atoms with Crippen molar-refractivity contribution in [3.05, 3.63) is 59.2 Å². The predicted molar refractivity (Wildman–Crippen MR) is 111 cm³/mol. The first kappa shape index (κ1) is 19.9. The number of phenolic OH excluding ortho intramolecular Hbond substituents is 1. The number of aromatic carboxylic acids is 1. The second kappa shape index (κ2) is 6.99. The van der Waals surface area contributed by atoms with E-state index < -0.39 is 11.6 Å². The Bertz CT molecular complexity index is 1050. The fourth-order valence-electron chi connectivity index (χ4n) is 5.26. The molecule has 0 unspecified atom stereocenters. The maximum absolute atomic E-state index is 13.2. The van der Waals surface area contributed by atoms with Crippen molar-refractivity contribution in [2.75, 3.05) is 6.54 Å². The smallest absolute Gasteiger partial charge is 0.335 e. The van der Waals surface area contributed by atoms with Gasteiger partial charge in [0.1, 0.15) is 5.60 Å². The van der Waals surface area contributed by atoms with E-state index >= 15 is 0 Å². The number of hydrogen-bond acceptors (Lipinski definition) is 5. The molecule has 0 radical (unpaired) electrons. The van der Waals surface area contributed by atoms with Gasteiger partial charge >= 0.3 is 5.97 Å². The number of carboxylic acid groups (broad SMARTS) is 1. The van der Waals surface area contributed by atoms with Gasteiger partial charge in [0.25, 0.3) is 5.91 Å². The van der Waals surface area contributed by atoms with Gasteiger partial charge in [-0.15, -0.1) is 0 Å². The maximum Gasteiger partial charge on any atom is 0.335 e. The summed E-state index contributed by atoms with van der Waals surface area (Å²) >= 11 is 0. The van der Waals surface area contributed by atoms with E-state index in [1.165, 1.54) is 12.1 Å². The fourth-order valence-corrected chi connectivity index (χ4v) is 5.26. The van der Waals surface area contributed by atoms with Crippen molar-refractivity contribution in [1.29, 1.82) is 0 Å². The summed E-state index contributed by atoms with van der Waals surface area (Å²) in [5.41, 5.74) is 0.920. The van der Waals surface area contributed by atoms with Gasteiger partial charge in [-0.05, 0) is 57.0 Å². The molecule has 7 heteroatoms. The van der Waals surface area contributed by atoms with Gasteiger partial charge in [-0.3, -0.25) is 4.79 Å². The molecule has 5 rings (SSSR count). The molecule has 2 aromatic carbocycles. The minimum atomic E-state index is -1.02. The minimum Gasteiger partial charge on any atom is -0.504 e. The lowest BCUT2D eigenvalue weighted by Crippen LogP contribution is -2.54. The molecule has 31 heavy (non-hydrogen) atoms. The number of aromatic hydroxyl groups is 1. The normalized spacial score (nSPS) is 28.1. The lowest BCUT2D eigenvalue weighted by atomic mass is 9.74. The highest BCUT2D eigenvalue weighted by atomic mass is 16.5. The molecule has 0 spiro atoms. The monoisotopic (exact) mass is 423 g/mol. The molecule has 2 saturated heterocycles. The van der Waals surface area contributed by atoms with Gasteiger partial charge in [-0.2, -0.15) is 0 Å². The van der Waals surface area contributed by atoms with Crippen molar-refractivity contribution < 1.29 is 29.3 Å². The van der Waals surface area contributed by atoms with Crippen molar-refractivity contribution in [2.45, 2.75) is 50.5 Å². The van der Waals surface area contributed by atoms with E-state index in [4.69, 9.17) is 14.6 Å². The van der Waals surface area contributed by atoms with Crippen LogP contribution in [0.2, 0.25) is 0 Å². The number of benzene rings is 2. The van der Waals surface area contributed by atoms with E-state index in [2.05, 4.69) is 0 Å². The van der Waals surface area contributed by atoms with E-state index in [1.807, 2.05) is 24.8 Å². The molecule has 0 aliphatic carbocycles. The number of phenols is 1. The van der Waals surface area contributed by atoms with Crippen LogP contribution in [0.3, 0.4) is 0 Å². The molecule has 0 aromatic heterocycles. The van der Waals surface area contributed by atoms with Crippen LogP contribution in [0, 0.1) is 5.92 Å². The topological polar surface area (TPSA) is 96.3 Å². The third-order valence-corrected chi connectivity index (χ3v) is 6.90. The Balaban J connectivity index is 1.42. The Morgan fingerprint density at radius 3 is 2.52 bits per heavy atom. The third kappa shape index (κ3) is 3.15. The molecule has 2 N–H and O–H groups in total. The highest BCUT2D eigenvalue weighted by Gasteiger charge is 2.54. The molecule has 2 fully saturated rings. The van der Waals surface area contributed by atoms with E-state index in [0.717, 1.165) is 18.4 Å². The summed E-state index contributed by atoms with van der Waals surface area (Å²) in [6.45, 7) is 4.58.